The first-order valence-corrected chi connectivity index (χ1v) is 7.04. The molecule has 18 heavy (non-hydrogen) atoms. The van der Waals surface area contributed by atoms with Gasteiger partial charge in [0, 0.05) is 30.4 Å². The molecule has 0 spiro atoms. The number of nitrogens with two attached hydrogens (primary N) is 1. The van der Waals surface area contributed by atoms with Crippen LogP contribution in [0.15, 0.2) is 16.6 Å². The van der Waals surface area contributed by atoms with E-state index < -0.39 is 0 Å². The number of ether oxygens (including phenoxy) is 1. The number of rotatable bonds is 6. The number of methoxy groups -OCH3 is 1. The minimum absolute atomic E-state index is 0.603. The van der Waals surface area contributed by atoms with Crippen molar-refractivity contribution in [1.29, 1.82) is 0 Å². The lowest BCUT2D eigenvalue weighted by molar-refractivity contribution is 0.204. The second-order valence-electron chi connectivity index (χ2n) is 4.99. The van der Waals surface area contributed by atoms with Crippen LogP contribution in [0.2, 0.25) is 0 Å². The Bertz CT molecular complexity index is 394. The summed E-state index contributed by atoms with van der Waals surface area (Å²) in [5.74, 6) is 0.603. The van der Waals surface area contributed by atoms with Gasteiger partial charge in [-0.05, 0) is 46.5 Å². The number of hydrogen-bond acceptors (Lipinski definition) is 3. The number of nitrogens with zero attached hydrogens (tertiary/aromatic N) is 1. The summed E-state index contributed by atoms with van der Waals surface area (Å²) in [6, 6.07) is 4.11. The van der Waals surface area contributed by atoms with Gasteiger partial charge in [0.05, 0.1) is 12.3 Å². The highest BCUT2D eigenvalue weighted by Crippen LogP contribution is 2.31. The number of halogens is 1. The maximum absolute atomic E-state index is 5.92. The first-order chi connectivity index (χ1) is 8.45. The Morgan fingerprint density at radius 2 is 2.06 bits per heavy atom. The third-order valence-electron chi connectivity index (χ3n) is 2.83. The molecule has 4 heteroatoms. The lowest BCUT2D eigenvalue weighted by Crippen LogP contribution is -2.31. The van der Waals surface area contributed by atoms with Gasteiger partial charge in [-0.2, -0.15) is 0 Å². The van der Waals surface area contributed by atoms with E-state index in [1.54, 1.807) is 7.11 Å². The Hall–Kier alpha value is -0.740. The van der Waals surface area contributed by atoms with E-state index in [0.29, 0.717) is 5.92 Å². The van der Waals surface area contributed by atoms with Gasteiger partial charge in [0.2, 0.25) is 0 Å². The van der Waals surface area contributed by atoms with Gasteiger partial charge in [-0.15, -0.1) is 0 Å². The predicted molar refractivity (Wildman–Crippen MR) is 82.2 cm³/mol. The van der Waals surface area contributed by atoms with Crippen molar-refractivity contribution in [2.45, 2.75) is 20.8 Å². The number of anilines is 2. The second kappa shape index (κ2) is 7.00. The number of hydrogen-bond donors (Lipinski definition) is 1. The molecule has 0 saturated heterocycles. The van der Waals surface area contributed by atoms with Gasteiger partial charge < -0.3 is 15.4 Å². The molecule has 0 atom stereocenters. The van der Waals surface area contributed by atoms with Gasteiger partial charge >= 0.3 is 0 Å². The fraction of sp³-hybridized carbons (Fsp3) is 0.571. The summed E-state index contributed by atoms with van der Waals surface area (Å²) < 4.78 is 6.23. The van der Waals surface area contributed by atoms with Crippen LogP contribution in [-0.4, -0.2) is 26.8 Å². The van der Waals surface area contributed by atoms with Crippen LogP contribution in [-0.2, 0) is 4.74 Å². The van der Waals surface area contributed by atoms with Crippen LogP contribution in [0.5, 0.6) is 0 Å². The molecule has 102 valence electrons. The van der Waals surface area contributed by atoms with Gasteiger partial charge in [0.1, 0.15) is 0 Å². The van der Waals surface area contributed by atoms with E-state index in [1.165, 1.54) is 5.69 Å². The highest BCUT2D eigenvalue weighted by molar-refractivity contribution is 9.10. The van der Waals surface area contributed by atoms with E-state index in [4.69, 9.17) is 10.5 Å². The fourth-order valence-electron chi connectivity index (χ4n) is 1.88. The third-order valence-corrected chi connectivity index (χ3v) is 3.46. The maximum atomic E-state index is 5.92. The summed E-state index contributed by atoms with van der Waals surface area (Å²) in [6.07, 6.45) is 0. The van der Waals surface area contributed by atoms with Crippen LogP contribution in [0.3, 0.4) is 0 Å². The van der Waals surface area contributed by atoms with Gasteiger partial charge in [0.25, 0.3) is 0 Å². The molecule has 1 aromatic rings. The van der Waals surface area contributed by atoms with Crippen molar-refractivity contribution >= 4 is 27.3 Å². The molecular weight excluding hydrogens is 292 g/mol. The minimum Gasteiger partial charge on any atom is -0.398 e. The maximum Gasteiger partial charge on any atom is 0.0637 e. The lowest BCUT2D eigenvalue weighted by atomic mass is 10.1. The molecule has 0 amide bonds. The Labute approximate surface area is 118 Å². The zero-order valence-electron chi connectivity index (χ0n) is 11.7. The van der Waals surface area contributed by atoms with E-state index in [0.717, 1.165) is 35.4 Å². The van der Waals surface area contributed by atoms with E-state index in [1.807, 2.05) is 13.0 Å². The van der Waals surface area contributed by atoms with E-state index >= 15 is 0 Å². The molecule has 1 rings (SSSR count). The average Bonchev–Trinajstić information content (AvgIpc) is 2.29. The van der Waals surface area contributed by atoms with E-state index in [9.17, 15) is 0 Å². The standard InChI is InChI=1S/C14H23BrN2O/c1-10(2)9-17(5-6-18-4)14-7-11(3)13(16)8-12(14)15/h7-8,10H,5-6,9,16H2,1-4H3. The Morgan fingerprint density at radius 3 is 2.61 bits per heavy atom. The quantitative estimate of drug-likeness (QED) is 0.817. The van der Waals surface area contributed by atoms with Crippen LogP contribution >= 0.6 is 15.9 Å². The average molecular weight is 315 g/mol. The van der Waals surface area contributed by atoms with Gasteiger partial charge in [-0.3, -0.25) is 0 Å². The smallest absolute Gasteiger partial charge is 0.0637 e. The molecule has 0 saturated carbocycles. The predicted octanol–water partition coefficient (Wildman–Crippen LogP) is 3.45. The summed E-state index contributed by atoms with van der Waals surface area (Å²) in [5.41, 5.74) is 9.04. The number of nitrogen functional groups attached to an aromatic ring is 1. The van der Waals surface area contributed by atoms with Crippen LogP contribution in [0.25, 0.3) is 0 Å². The molecule has 0 aliphatic rings. The van der Waals surface area contributed by atoms with Gasteiger partial charge in [-0.1, -0.05) is 13.8 Å². The Morgan fingerprint density at radius 1 is 1.39 bits per heavy atom. The first-order valence-electron chi connectivity index (χ1n) is 6.25. The molecule has 2 N–H and O–H groups in total. The van der Waals surface area contributed by atoms with Crippen molar-refractivity contribution in [3.05, 3.63) is 22.2 Å². The SMILES string of the molecule is COCCN(CC(C)C)c1cc(C)c(N)cc1Br. The largest absolute Gasteiger partial charge is 0.398 e. The lowest BCUT2D eigenvalue weighted by Gasteiger charge is -2.28. The highest BCUT2D eigenvalue weighted by Gasteiger charge is 2.13. The zero-order valence-corrected chi connectivity index (χ0v) is 13.3. The van der Waals surface area contributed by atoms with E-state index in [2.05, 4.69) is 40.7 Å². The van der Waals surface area contributed by atoms with Crippen LogP contribution in [0, 0.1) is 12.8 Å². The molecule has 0 aromatic heterocycles. The monoisotopic (exact) mass is 314 g/mol. The molecule has 1 aromatic carbocycles. The first kappa shape index (κ1) is 15.3. The third kappa shape index (κ3) is 4.18. The van der Waals surface area contributed by atoms with Crippen molar-refractivity contribution < 1.29 is 4.74 Å². The van der Waals surface area contributed by atoms with Gasteiger partial charge in [0.15, 0.2) is 0 Å². The summed E-state index contributed by atoms with van der Waals surface area (Å²) in [7, 11) is 1.73. The summed E-state index contributed by atoms with van der Waals surface area (Å²) >= 11 is 3.60. The van der Waals surface area contributed by atoms with Gasteiger partial charge in [-0.25, -0.2) is 0 Å². The molecule has 3 nitrogen and oxygen atoms in total. The normalized spacial score (nSPS) is 11.0. The van der Waals surface area contributed by atoms with Crippen LogP contribution in [0.1, 0.15) is 19.4 Å². The molecule has 0 aliphatic carbocycles. The molecule has 0 fully saturated rings. The summed E-state index contributed by atoms with van der Waals surface area (Å²) in [6.45, 7) is 9.09. The fourth-order valence-corrected chi connectivity index (χ4v) is 2.49. The van der Waals surface area contributed by atoms with E-state index in [-0.39, 0.29) is 0 Å². The second-order valence-corrected chi connectivity index (χ2v) is 5.85. The molecular formula is C14H23BrN2O. The highest BCUT2D eigenvalue weighted by atomic mass is 79.9. The molecule has 0 heterocycles. The van der Waals surface area contributed by atoms with Crippen molar-refractivity contribution in [2.75, 3.05) is 37.4 Å². The summed E-state index contributed by atoms with van der Waals surface area (Å²) in [4.78, 5) is 2.34. The van der Waals surface area contributed by atoms with Crippen molar-refractivity contribution in [1.82, 2.24) is 0 Å². The summed E-state index contributed by atoms with van der Waals surface area (Å²) in [5, 5.41) is 0. The van der Waals surface area contributed by atoms with Crippen molar-refractivity contribution in [3.8, 4) is 0 Å². The van der Waals surface area contributed by atoms with Crippen molar-refractivity contribution in [3.63, 3.8) is 0 Å². The van der Waals surface area contributed by atoms with Crippen molar-refractivity contribution in [2.24, 2.45) is 5.92 Å². The minimum atomic E-state index is 0.603. The van der Waals surface area contributed by atoms with Crippen LogP contribution < -0.4 is 10.6 Å². The number of benzene rings is 1. The molecule has 0 unspecified atom stereocenters. The molecule has 0 radical (unpaired) electrons. The molecule has 0 bridgehead atoms. The molecule has 0 aliphatic heterocycles. The van der Waals surface area contributed by atoms with Crippen LogP contribution in [0.4, 0.5) is 11.4 Å². The number of aryl methyl sites for hydroxylation is 1. The topological polar surface area (TPSA) is 38.5 Å². The zero-order chi connectivity index (χ0) is 13.7. The Kier molecular flexibility index (Phi) is 5.96. The Balaban J connectivity index is 2.99.